The van der Waals surface area contributed by atoms with Crippen LogP contribution < -0.4 is 15.0 Å². The average Bonchev–Trinajstić information content (AvgIpc) is 2.54. The van der Waals surface area contributed by atoms with Crippen LogP contribution in [0.5, 0.6) is 5.75 Å². The Balaban J connectivity index is 2.22. The van der Waals surface area contributed by atoms with E-state index >= 15 is 0 Å². The quantitative estimate of drug-likeness (QED) is 0.793. The predicted octanol–water partition coefficient (Wildman–Crippen LogP) is 2.38. The third-order valence-corrected chi connectivity index (χ3v) is 4.50. The molecule has 6 nitrogen and oxygen atoms in total. The number of hydrogen-bond donors (Lipinski definition) is 2. The first-order chi connectivity index (χ1) is 11.0. The number of nitrogens with zero attached hydrogens (tertiary/aromatic N) is 1. The van der Waals surface area contributed by atoms with Crippen LogP contribution in [-0.2, 0) is 16.4 Å². The second kappa shape index (κ2) is 7.13. The molecule has 0 atom stereocenters. The van der Waals surface area contributed by atoms with Gasteiger partial charge in [-0.05, 0) is 30.7 Å². The predicted molar refractivity (Wildman–Crippen MR) is 87.4 cm³/mol. The minimum absolute atomic E-state index is 0.151. The molecule has 0 spiro atoms. The van der Waals surface area contributed by atoms with E-state index in [1.54, 1.807) is 30.3 Å². The molecule has 0 fully saturated rings. The molecular weight excluding hydrogens is 314 g/mol. The highest BCUT2D eigenvalue weighted by molar-refractivity contribution is 7.89. The number of hydrazine groups is 1. The van der Waals surface area contributed by atoms with E-state index in [0.29, 0.717) is 17.0 Å². The second-order valence-electron chi connectivity index (χ2n) is 4.90. The number of methoxy groups -OCH3 is 1. The molecule has 2 aromatic carbocycles. The molecule has 0 amide bonds. The lowest BCUT2D eigenvalue weighted by atomic mass is 10.1. The fourth-order valence-electron chi connectivity index (χ4n) is 1.94. The van der Waals surface area contributed by atoms with E-state index in [9.17, 15) is 8.42 Å². The van der Waals surface area contributed by atoms with Crippen LogP contribution in [0.25, 0.3) is 0 Å². The largest absolute Gasteiger partial charge is 0.497 e. The van der Waals surface area contributed by atoms with Crippen molar-refractivity contribution in [2.45, 2.75) is 18.2 Å². The lowest BCUT2D eigenvalue weighted by molar-refractivity contribution is 0.415. The maximum absolute atomic E-state index is 12.3. The van der Waals surface area contributed by atoms with Gasteiger partial charge in [0.15, 0.2) is 0 Å². The molecule has 0 aliphatic carbocycles. The summed E-state index contributed by atoms with van der Waals surface area (Å²) < 4.78 is 29.7. The van der Waals surface area contributed by atoms with Crippen LogP contribution in [0.4, 0.5) is 5.69 Å². The van der Waals surface area contributed by atoms with Gasteiger partial charge in [-0.2, -0.15) is 5.26 Å². The number of anilines is 1. The first-order valence-corrected chi connectivity index (χ1v) is 8.33. The van der Waals surface area contributed by atoms with Crippen molar-refractivity contribution in [1.82, 2.24) is 4.83 Å². The number of aryl methyl sites for hydroxylation is 1. The van der Waals surface area contributed by atoms with Gasteiger partial charge in [0.05, 0.1) is 30.2 Å². The van der Waals surface area contributed by atoms with Crippen molar-refractivity contribution in [3.05, 3.63) is 53.6 Å². The third kappa shape index (κ3) is 4.22. The Bertz CT molecular complexity index is 825. The zero-order chi connectivity index (χ0) is 16.9. The normalized spacial score (nSPS) is 10.8. The van der Waals surface area contributed by atoms with Crippen molar-refractivity contribution in [3.8, 4) is 11.8 Å². The van der Waals surface area contributed by atoms with Gasteiger partial charge in [0.1, 0.15) is 5.75 Å². The molecule has 0 bridgehead atoms. The topological polar surface area (TPSA) is 91.2 Å². The van der Waals surface area contributed by atoms with E-state index in [2.05, 4.69) is 10.3 Å². The summed E-state index contributed by atoms with van der Waals surface area (Å²) in [5, 5.41) is 8.86. The monoisotopic (exact) mass is 331 g/mol. The number of nitrogens with one attached hydrogen (secondary N) is 2. The zero-order valence-electron chi connectivity index (χ0n) is 12.8. The number of ether oxygens (including phenoxy) is 1. The lowest BCUT2D eigenvalue weighted by Gasteiger charge is -2.13. The van der Waals surface area contributed by atoms with Gasteiger partial charge in [0.25, 0.3) is 10.0 Å². The van der Waals surface area contributed by atoms with Crippen molar-refractivity contribution in [2.24, 2.45) is 0 Å². The van der Waals surface area contributed by atoms with E-state index in [1.807, 2.05) is 13.0 Å². The Morgan fingerprint density at radius 3 is 2.48 bits per heavy atom. The number of hydrogen-bond acceptors (Lipinski definition) is 5. The van der Waals surface area contributed by atoms with Crippen molar-refractivity contribution in [1.29, 1.82) is 5.26 Å². The van der Waals surface area contributed by atoms with Crippen LogP contribution in [0.1, 0.15) is 11.1 Å². The van der Waals surface area contributed by atoms with Crippen molar-refractivity contribution >= 4 is 15.7 Å². The molecule has 7 heteroatoms. The number of benzene rings is 2. The molecule has 0 heterocycles. The van der Waals surface area contributed by atoms with Crippen LogP contribution in [0, 0.1) is 18.3 Å². The fourth-order valence-corrected chi connectivity index (χ4v) is 2.79. The maximum Gasteiger partial charge on any atom is 0.257 e. The molecule has 0 unspecified atom stereocenters. The van der Waals surface area contributed by atoms with Gasteiger partial charge in [-0.1, -0.05) is 23.8 Å². The maximum atomic E-state index is 12.3. The Labute approximate surface area is 135 Å². The summed E-state index contributed by atoms with van der Waals surface area (Å²) >= 11 is 0. The van der Waals surface area contributed by atoms with E-state index in [4.69, 9.17) is 10.00 Å². The van der Waals surface area contributed by atoms with Crippen molar-refractivity contribution < 1.29 is 13.2 Å². The molecule has 0 aliphatic heterocycles. The van der Waals surface area contributed by atoms with Crippen molar-refractivity contribution in [3.63, 3.8) is 0 Å². The van der Waals surface area contributed by atoms with Gasteiger partial charge in [-0.15, -0.1) is 4.83 Å². The van der Waals surface area contributed by atoms with Gasteiger partial charge < -0.3 is 10.2 Å². The Hall–Kier alpha value is -2.56. The lowest BCUT2D eigenvalue weighted by Crippen LogP contribution is -2.30. The van der Waals surface area contributed by atoms with Crippen LogP contribution in [-0.4, -0.2) is 15.5 Å². The summed E-state index contributed by atoms with van der Waals surface area (Å²) in [5.41, 5.74) is 4.77. The van der Waals surface area contributed by atoms with E-state index in [1.165, 1.54) is 19.2 Å². The van der Waals surface area contributed by atoms with E-state index in [0.717, 1.165) is 5.56 Å². The Kier molecular flexibility index (Phi) is 5.21. The molecule has 120 valence electrons. The molecule has 0 aromatic heterocycles. The van der Waals surface area contributed by atoms with Crippen LogP contribution in [0.3, 0.4) is 0 Å². The van der Waals surface area contributed by atoms with E-state index < -0.39 is 10.0 Å². The van der Waals surface area contributed by atoms with Gasteiger partial charge in [-0.25, -0.2) is 8.42 Å². The summed E-state index contributed by atoms with van der Waals surface area (Å²) in [6.07, 6.45) is 0.151. The molecule has 2 aromatic rings. The van der Waals surface area contributed by atoms with Crippen LogP contribution in [0.15, 0.2) is 47.4 Å². The molecule has 0 aliphatic rings. The standard InChI is InChI=1S/C16H17N3O3S/c1-12-3-7-15(8-4-12)23(20,21)19-18-16-11-14(22-2)6-5-13(16)9-10-17/h3-8,11,18-19H,9H2,1-2H3. The number of sulfonamides is 1. The van der Waals surface area contributed by atoms with Crippen molar-refractivity contribution in [2.75, 3.05) is 12.5 Å². The fraction of sp³-hybridized carbons (Fsp3) is 0.188. The zero-order valence-corrected chi connectivity index (χ0v) is 13.6. The minimum Gasteiger partial charge on any atom is -0.497 e. The summed E-state index contributed by atoms with van der Waals surface area (Å²) in [7, 11) is -2.20. The van der Waals surface area contributed by atoms with Gasteiger partial charge in [-0.3, -0.25) is 0 Å². The molecule has 23 heavy (non-hydrogen) atoms. The highest BCUT2D eigenvalue weighted by Crippen LogP contribution is 2.22. The molecule has 0 saturated carbocycles. The molecule has 2 N–H and O–H groups in total. The summed E-state index contributed by atoms with van der Waals surface area (Å²) in [5.74, 6) is 0.559. The first kappa shape index (κ1) is 16.8. The molecule has 0 saturated heterocycles. The van der Waals surface area contributed by atoms with Gasteiger partial charge in [0.2, 0.25) is 0 Å². The summed E-state index contributed by atoms with van der Waals surface area (Å²) in [6, 6.07) is 13.6. The molecule has 2 rings (SSSR count). The van der Waals surface area contributed by atoms with Crippen LogP contribution >= 0.6 is 0 Å². The summed E-state index contributed by atoms with van der Waals surface area (Å²) in [6.45, 7) is 1.88. The van der Waals surface area contributed by atoms with E-state index in [-0.39, 0.29) is 11.3 Å². The SMILES string of the molecule is COc1ccc(CC#N)c(NNS(=O)(=O)c2ccc(C)cc2)c1. The smallest absolute Gasteiger partial charge is 0.257 e. The molecular formula is C16H17N3O3S. The highest BCUT2D eigenvalue weighted by atomic mass is 32.2. The first-order valence-electron chi connectivity index (χ1n) is 6.84. The average molecular weight is 331 g/mol. The second-order valence-corrected chi connectivity index (χ2v) is 6.58. The Morgan fingerprint density at radius 1 is 1.17 bits per heavy atom. The third-order valence-electron chi connectivity index (χ3n) is 3.24. The van der Waals surface area contributed by atoms with Gasteiger partial charge >= 0.3 is 0 Å². The Morgan fingerprint density at radius 2 is 1.87 bits per heavy atom. The minimum atomic E-state index is -3.71. The van der Waals surface area contributed by atoms with Gasteiger partial charge in [0, 0.05) is 6.07 Å². The number of nitriles is 1. The summed E-state index contributed by atoms with van der Waals surface area (Å²) in [4.78, 5) is 2.47. The highest BCUT2D eigenvalue weighted by Gasteiger charge is 2.14. The number of rotatable bonds is 6. The van der Waals surface area contributed by atoms with Crippen LogP contribution in [0.2, 0.25) is 0 Å². The molecule has 0 radical (unpaired) electrons.